The molecule has 0 N–H and O–H groups in total. The van der Waals surface area contributed by atoms with E-state index in [9.17, 15) is 9.59 Å². The van der Waals surface area contributed by atoms with E-state index in [0.717, 1.165) is 11.1 Å². The highest BCUT2D eigenvalue weighted by molar-refractivity contribution is 6.21. The third-order valence-electron chi connectivity index (χ3n) is 4.76. The summed E-state index contributed by atoms with van der Waals surface area (Å²) in [5.74, 6) is -0.602. The van der Waals surface area contributed by atoms with Crippen molar-refractivity contribution in [3.05, 3.63) is 108 Å². The number of alkyl halides is 1. The second-order valence-corrected chi connectivity index (χ2v) is 7.39. The van der Waals surface area contributed by atoms with Gasteiger partial charge in [0.2, 0.25) is 0 Å². The number of halogens is 1. The van der Waals surface area contributed by atoms with Gasteiger partial charge in [-0.2, -0.15) is 0 Å². The third-order valence-corrected chi connectivity index (χ3v) is 5.14. The van der Waals surface area contributed by atoms with Gasteiger partial charge in [-0.1, -0.05) is 91.0 Å². The van der Waals surface area contributed by atoms with Crippen LogP contribution in [0.5, 0.6) is 0 Å². The fourth-order valence-corrected chi connectivity index (χ4v) is 3.39. The maximum absolute atomic E-state index is 12.7. The lowest BCUT2D eigenvalue weighted by Crippen LogP contribution is -2.16. The SMILES string of the molecule is O=C(C[C@H](CC(=O)c1ccccc1)c1ccccc1)OC[C@H](Cl)c1ccccc1. The van der Waals surface area contributed by atoms with Gasteiger partial charge in [-0.25, -0.2) is 0 Å². The van der Waals surface area contributed by atoms with Crippen molar-refractivity contribution < 1.29 is 14.3 Å². The molecular formula is C25H23ClO3. The lowest BCUT2D eigenvalue weighted by Gasteiger charge is -2.17. The van der Waals surface area contributed by atoms with Crippen molar-refractivity contribution in [2.24, 2.45) is 0 Å². The van der Waals surface area contributed by atoms with Gasteiger partial charge in [0.15, 0.2) is 5.78 Å². The third kappa shape index (κ3) is 6.30. The van der Waals surface area contributed by atoms with E-state index in [1.54, 1.807) is 12.1 Å². The summed E-state index contributed by atoms with van der Waals surface area (Å²) in [7, 11) is 0. The molecule has 3 aromatic carbocycles. The number of Topliss-reactive ketones (excluding diaryl/α,β-unsaturated/α-hetero) is 1. The van der Waals surface area contributed by atoms with E-state index in [1.807, 2.05) is 78.9 Å². The van der Waals surface area contributed by atoms with Crippen LogP contribution in [0.4, 0.5) is 0 Å². The molecule has 0 radical (unpaired) electrons. The minimum atomic E-state index is -0.402. The van der Waals surface area contributed by atoms with Crippen LogP contribution >= 0.6 is 11.6 Å². The highest BCUT2D eigenvalue weighted by Crippen LogP contribution is 2.27. The van der Waals surface area contributed by atoms with Gasteiger partial charge >= 0.3 is 5.97 Å². The van der Waals surface area contributed by atoms with Crippen LogP contribution in [0.25, 0.3) is 0 Å². The van der Waals surface area contributed by atoms with Crippen molar-refractivity contribution in [3.63, 3.8) is 0 Å². The molecule has 4 heteroatoms. The Morgan fingerprint density at radius 2 is 1.24 bits per heavy atom. The van der Waals surface area contributed by atoms with Gasteiger partial charge in [-0.3, -0.25) is 9.59 Å². The first-order valence-corrected chi connectivity index (χ1v) is 10.0. The number of carbonyl (C=O) groups is 2. The molecule has 0 saturated carbocycles. The molecule has 0 spiro atoms. The minimum Gasteiger partial charge on any atom is -0.464 e. The molecule has 2 atom stereocenters. The average molecular weight is 407 g/mol. The monoisotopic (exact) mass is 406 g/mol. The van der Waals surface area contributed by atoms with Crippen LogP contribution in [0.1, 0.15) is 45.6 Å². The Labute approximate surface area is 176 Å². The molecule has 0 unspecified atom stereocenters. The van der Waals surface area contributed by atoms with Crippen molar-refractivity contribution in [3.8, 4) is 0 Å². The Morgan fingerprint density at radius 3 is 1.83 bits per heavy atom. The molecule has 0 aliphatic heterocycles. The Hall–Kier alpha value is -2.91. The van der Waals surface area contributed by atoms with E-state index in [4.69, 9.17) is 16.3 Å². The Bertz CT molecular complexity index is 911. The molecular weight excluding hydrogens is 384 g/mol. The van der Waals surface area contributed by atoms with E-state index >= 15 is 0 Å². The zero-order valence-corrected chi connectivity index (χ0v) is 16.8. The molecule has 0 aliphatic carbocycles. The summed E-state index contributed by atoms with van der Waals surface area (Å²) in [6.45, 7) is 0.0958. The topological polar surface area (TPSA) is 43.4 Å². The summed E-state index contributed by atoms with van der Waals surface area (Å²) in [5.41, 5.74) is 2.49. The van der Waals surface area contributed by atoms with Crippen molar-refractivity contribution in [1.82, 2.24) is 0 Å². The molecule has 3 aromatic rings. The van der Waals surface area contributed by atoms with Crippen LogP contribution in [0.15, 0.2) is 91.0 Å². The predicted molar refractivity (Wildman–Crippen MR) is 115 cm³/mol. The number of rotatable bonds is 9. The second-order valence-electron chi connectivity index (χ2n) is 6.87. The maximum Gasteiger partial charge on any atom is 0.306 e. The van der Waals surface area contributed by atoms with Crippen LogP contribution in [0.2, 0.25) is 0 Å². The van der Waals surface area contributed by atoms with Crippen molar-refractivity contribution in [2.75, 3.05) is 6.61 Å². The molecule has 3 rings (SSSR count). The lowest BCUT2D eigenvalue weighted by molar-refractivity contribution is -0.144. The summed E-state index contributed by atoms with van der Waals surface area (Å²) >= 11 is 6.34. The number of hydrogen-bond donors (Lipinski definition) is 0. The van der Waals surface area contributed by atoms with Crippen LogP contribution in [-0.2, 0) is 9.53 Å². The second kappa shape index (κ2) is 10.6. The van der Waals surface area contributed by atoms with E-state index in [0.29, 0.717) is 5.56 Å². The molecule has 3 nitrogen and oxygen atoms in total. The molecule has 0 aromatic heterocycles. The van der Waals surface area contributed by atoms with Crippen molar-refractivity contribution in [2.45, 2.75) is 24.1 Å². The summed E-state index contributed by atoms with van der Waals surface area (Å²) in [6.07, 6.45) is 0.368. The van der Waals surface area contributed by atoms with Gasteiger partial charge in [0.25, 0.3) is 0 Å². The number of carbonyl (C=O) groups excluding carboxylic acids is 2. The summed E-state index contributed by atoms with van der Waals surface area (Å²) in [4.78, 5) is 25.2. The molecule has 0 bridgehead atoms. The Morgan fingerprint density at radius 1 is 0.724 bits per heavy atom. The van der Waals surface area contributed by atoms with Crippen molar-refractivity contribution in [1.29, 1.82) is 0 Å². The number of benzene rings is 3. The van der Waals surface area contributed by atoms with Gasteiger partial charge in [-0.15, -0.1) is 11.6 Å². The van der Waals surface area contributed by atoms with Crippen LogP contribution in [-0.4, -0.2) is 18.4 Å². The Balaban J connectivity index is 1.63. The highest BCUT2D eigenvalue weighted by Gasteiger charge is 2.22. The summed E-state index contributed by atoms with van der Waals surface area (Å²) in [5, 5.41) is -0.402. The highest BCUT2D eigenvalue weighted by atomic mass is 35.5. The zero-order valence-electron chi connectivity index (χ0n) is 16.0. The molecule has 0 aliphatic rings. The quantitative estimate of drug-likeness (QED) is 0.250. The molecule has 0 amide bonds. The van der Waals surface area contributed by atoms with Gasteiger partial charge in [0, 0.05) is 17.9 Å². The van der Waals surface area contributed by atoms with Gasteiger partial charge in [-0.05, 0) is 11.1 Å². The summed E-state index contributed by atoms with van der Waals surface area (Å²) < 4.78 is 5.42. The van der Waals surface area contributed by atoms with E-state index < -0.39 is 5.38 Å². The number of hydrogen-bond acceptors (Lipinski definition) is 3. The minimum absolute atomic E-state index is 0.00626. The number of esters is 1. The van der Waals surface area contributed by atoms with E-state index in [2.05, 4.69) is 0 Å². The molecule has 29 heavy (non-hydrogen) atoms. The first-order valence-electron chi connectivity index (χ1n) is 9.61. The summed E-state index contributed by atoms with van der Waals surface area (Å²) in [6, 6.07) is 28.2. The standard InChI is InChI=1S/C25H23ClO3/c26-23(20-12-6-2-7-13-20)18-29-25(28)17-22(19-10-4-1-5-11-19)16-24(27)21-14-8-3-9-15-21/h1-15,22-23H,16-18H2/t22-,23-/m0/s1. The fourth-order valence-electron chi connectivity index (χ4n) is 3.18. The first-order chi connectivity index (χ1) is 14.1. The molecule has 0 heterocycles. The molecule has 148 valence electrons. The average Bonchev–Trinajstić information content (AvgIpc) is 2.78. The van der Waals surface area contributed by atoms with Crippen molar-refractivity contribution >= 4 is 23.4 Å². The van der Waals surface area contributed by atoms with Crippen LogP contribution in [0, 0.1) is 0 Å². The van der Waals surface area contributed by atoms with Crippen LogP contribution in [0.3, 0.4) is 0 Å². The van der Waals surface area contributed by atoms with Gasteiger partial charge in [0.1, 0.15) is 6.61 Å². The predicted octanol–water partition coefficient (Wildman–Crippen LogP) is 5.96. The number of ether oxygens (including phenoxy) is 1. The first kappa shape index (κ1) is 20.8. The fraction of sp³-hybridized carbons (Fsp3) is 0.200. The molecule has 0 saturated heterocycles. The smallest absolute Gasteiger partial charge is 0.306 e. The zero-order chi connectivity index (χ0) is 20.5. The molecule has 0 fully saturated rings. The van der Waals surface area contributed by atoms with Gasteiger partial charge in [0.05, 0.1) is 11.8 Å². The van der Waals surface area contributed by atoms with E-state index in [1.165, 1.54) is 0 Å². The lowest BCUT2D eigenvalue weighted by atomic mass is 9.89. The maximum atomic E-state index is 12.7. The van der Waals surface area contributed by atoms with Crippen LogP contribution < -0.4 is 0 Å². The van der Waals surface area contributed by atoms with Gasteiger partial charge < -0.3 is 4.74 Å². The normalized spacial score (nSPS) is 12.7. The Kier molecular flexibility index (Phi) is 7.60. The largest absolute Gasteiger partial charge is 0.464 e. The van der Waals surface area contributed by atoms with E-state index in [-0.39, 0.29) is 37.1 Å². The number of ketones is 1.